The van der Waals surface area contributed by atoms with Crippen molar-refractivity contribution in [1.82, 2.24) is 15.0 Å². The Morgan fingerprint density at radius 2 is 1.95 bits per heavy atom. The number of phenols is 1. The fourth-order valence-corrected chi connectivity index (χ4v) is 3.27. The molecule has 2 heterocycles. The lowest BCUT2D eigenvalue weighted by Gasteiger charge is -2.09. The van der Waals surface area contributed by atoms with Gasteiger partial charge in [-0.05, 0) is 32.0 Å². The number of halogens is 1. The third-order valence-corrected chi connectivity index (χ3v) is 4.51. The topological polar surface area (TPSA) is 84.9 Å². The Morgan fingerprint density at radius 1 is 1.18 bits per heavy atom. The van der Waals surface area contributed by atoms with Gasteiger partial charge in [-0.1, -0.05) is 11.6 Å². The lowest BCUT2D eigenvalue weighted by molar-refractivity contribution is 0.475. The molecule has 0 aliphatic carbocycles. The fourth-order valence-electron chi connectivity index (χ4n) is 2.18. The second kappa shape index (κ2) is 5.55. The molecule has 22 heavy (non-hydrogen) atoms. The van der Waals surface area contributed by atoms with E-state index in [1.165, 1.54) is 12.3 Å². The Labute approximate surface area is 136 Å². The van der Waals surface area contributed by atoms with Crippen LogP contribution < -0.4 is 5.73 Å². The van der Waals surface area contributed by atoms with Gasteiger partial charge in [0.25, 0.3) is 0 Å². The predicted molar refractivity (Wildman–Crippen MR) is 89.1 cm³/mol. The summed E-state index contributed by atoms with van der Waals surface area (Å²) in [6.07, 6.45) is 1.50. The number of nitrogens with zero attached hydrogens (tertiary/aromatic N) is 3. The molecule has 0 bridgehead atoms. The molecule has 0 radical (unpaired) electrons. The molecular formula is C15H13ClN4OS. The van der Waals surface area contributed by atoms with Gasteiger partial charge >= 0.3 is 0 Å². The maximum atomic E-state index is 9.57. The van der Waals surface area contributed by atoms with Crippen LogP contribution in [-0.4, -0.2) is 20.1 Å². The molecule has 0 fully saturated rings. The number of nitrogen functional groups attached to an aromatic ring is 1. The average Bonchev–Trinajstić information content (AvgIpc) is 2.81. The smallest absolute Gasteiger partial charge is 0.142 e. The van der Waals surface area contributed by atoms with Crippen LogP contribution in [0.4, 0.5) is 5.82 Å². The SMILES string of the molecule is Cc1nc(C)c(-c2nc(N)cnc2-c2ccc(O)c(Cl)c2)s1. The van der Waals surface area contributed by atoms with Crippen molar-refractivity contribution >= 4 is 28.8 Å². The van der Waals surface area contributed by atoms with E-state index in [0.29, 0.717) is 17.2 Å². The van der Waals surface area contributed by atoms with Gasteiger partial charge in [-0.15, -0.1) is 11.3 Å². The minimum absolute atomic E-state index is 0.0280. The average molecular weight is 333 g/mol. The van der Waals surface area contributed by atoms with Crippen LogP contribution in [0, 0.1) is 13.8 Å². The molecule has 0 amide bonds. The highest BCUT2D eigenvalue weighted by atomic mass is 35.5. The highest BCUT2D eigenvalue weighted by Gasteiger charge is 2.17. The Hall–Kier alpha value is -2.18. The molecule has 7 heteroatoms. The van der Waals surface area contributed by atoms with Crippen LogP contribution >= 0.6 is 22.9 Å². The number of rotatable bonds is 2. The highest BCUT2D eigenvalue weighted by molar-refractivity contribution is 7.15. The van der Waals surface area contributed by atoms with E-state index in [0.717, 1.165) is 21.1 Å². The molecular weight excluding hydrogens is 320 g/mol. The Bertz CT molecular complexity index is 863. The molecule has 0 unspecified atom stereocenters. The summed E-state index contributed by atoms with van der Waals surface area (Å²) in [6, 6.07) is 4.93. The number of aromatic hydroxyl groups is 1. The van der Waals surface area contributed by atoms with Gasteiger partial charge in [-0.2, -0.15) is 0 Å². The van der Waals surface area contributed by atoms with Crippen LogP contribution in [0.25, 0.3) is 21.8 Å². The number of nitrogens with two attached hydrogens (primary N) is 1. The molecule has 112 valence electrons. The van der Waals surface area contributed by atoms with E-state index in [1.54, 1.807) is 23.5 Å². The van der Waals surface area contributed by atoms with E-state index < -0.39 is 0 Å². The van der Waals surface area contributed by atoms with Gasteiger partial charge in [0.2, 0.25) is 0 Å². The summed E-state index contributed by atoms with van der Waals surface area (Å²) in [6.45, 7) is 3.87. The van der Waals surface area contributed by atoms with Crippen molar-refractivity contribution in [3.05, 3.63) is 40.1 Å². The molecule has 3 rings (SSSR count). The second-order valence-corrected chi connectivity index (χ2v) is 6.42. The van der Waals surface area contributed by atoms with Crippen molar-refractivity contribution < 1.29 is 5.11 Å². The maximum absolute atomic E-state index is 9.57. The summed E-state index contributed by atoms with van der Waals surface area (Å²) in [4.78, 5) is 14.2. The first-order chi connectivity index (χ1) is 10.5. The van der Waals surface area contributed by atoms with Crippen molar-refractivity contribution in [3.63, 3.8) is 0 Å². The third kappa shape index (κ3) is 2.63. The second-order valence-electron chi connectivity index (χ2n) is 4.81. The summed E-state index contributed by atoms with van der Waals surface area (Å²) in [7, 11) is 0. The normalized spacial score (nSPS) is 10.9. The predicted octanol–water partition coefficient (Wildman–Crippen LogP) is 3.83. The number of hydrogen-bond donors (Lipinski definition) is 2. The lowest BCUT2D eigenvalue weighted by Crippen LogP contribution is -1.98. The minimum Gasteiger partial charge on any atom is -0.506 e. The van der Waals surface area contributed by atoms with E-state index in [2.05, 4.69) is 15.0 Å². The van der Waals surface area contributed by atoms with Crippen molar-refractivity contribution in [2.24, 2.45) is 0 Å². The Kier molecular flexibility index (Phi) is 3.72. The van der Waals surface area contributed by atoms with Crippen LogP contribution in [0.1, 0.15) is 10.7 Å². The molecule has 5 nitrogen and oxygen atoms in total. The quantitative estimate of drug-likeness (QED) is 0.745. The first-order valence-corrected chi connectivity index (χ1v) is 7.71. The standard InChI is InChI=1S/C15H13ClN4OS/c1-7-15(22-8(2)19-7)14-13(18-6-12(17)20-14)9-3-4-11(21)10(16)5-9/h3-6,21H,1-2H3,(H2,17,20). The van der Waals surface area contributed by atoms with Gasteiger partial charge in [-0.25, -0.2) is 9.97 Å². The number of phenolic OH excluding ortho intramolecular Hbond substituents is 1. The van der Waals surface area contributed by atoms with E-state index in [1.807, 2.05) is 13.8 Å². The summed E-state index contributed by atoms with van der Waals surface area (Å²) in [5.74, 6) is 0.370. The molecule has 3 N–H and O–H groups in total. The zero-order valence-corrected chi connectivity index (χ0v) is 13.5. The molecule has 0 spiro atoms. The van der Waals surface area contributed by atoms with Gasteiger partial charge in [0, 0.05) is 5.56 Å². The number of thiazole rings is 1. The summed E-state index contributed by atoms with van der Waals surface area (Å²) in [5, 5.41) is 10.8. The van der Waals surface area contributed by atoms with Crippen LogP contribution in [0.2, 0.25) is 5.02 Å². The van der Waals surface area contributed by atoms with Crippen molar-refractivity contribution in [1.29, 1.82) is 0 Å². The van der Waals surface area contributed by atoms with E-state index in [4.69, 9.17) is 17.3 Å². The van der Waals surface area contributed by atoms with E-state index in [-0.39, 0.29) is 10.8 Å². The van der Waals surface area contributed by atoms with Crippen LogP contribution in [0.3, 0.4) is 0 Å². The van der Waals surface area contributed by atoms with Crippen LogP contribution in [-0.2, 0) is 0 Å². The Morgan fingerprint density at radius 3 is 2.59 bits per heavy atom. The van der Waals surface area contributed by atoms with Crippen molar-refractivity contribution in [3.8, 4) is 27.6 Å². The summed E-state index contributed by atoms with van der Waals surface area (Å²) < 4.78 is 0. The lowest BCUT2D eigenvalue weighted by atomic mass is 10.1. The van der Waals surface area contributed by atoms with E-state index >= 15 is 0 Å². The van der Waals surface area contributed by atoms with Gasteiger partial charge in [0.15, 0.2) is 0 Å². The number of anilines is 1. The molecule has 0 aliphatic heterocycles. The van der Waals surface area contributed by atoms with Crippen LogP contribution in [0.15, 0.2) is 24.4 Å². The summed E-state index contributed by atoms with van der Waals surface area (Å²) in [5.41, 5.74) is 8.77. The van der Waals surface area contributed by atoms with Gasteiger partial charge < -0.3 is 10.8 Å². The minimum atomic E-state index is 0.0280. The molecule has 1 aromatic carbocycles. The molecule has 0 aliphatic rings. The van der Waals surface area contributed by atoms with E-state index in [9.17, 15) is 5.11 Å². The number of hydrogen-bond acceptors (Lipinski definition) is 6. The van der Waals surface area contributed by atoms with Crippen molar-refractivity contribution in [2.45, 2.75) is 13.8 Å². The number of benzene rings is 1. The zero-order chi connectivity index (χ0) is 15.9. The molecule has 0 atom stereocenters. The van der Waals surface area contributed by atoms with Gasteiger partial charge in [0.05, 0.1) is 32.5 Å². The largest absolute Gasteiger partial charge is 0.506 e. The molecule has 3 aromatic rings. The number of aryl methyl sites for hydroxylation is 2. The first kappa shape index (κ1) is 14.7. The molecule has 0 saturated carbocycles. The molecule has 0 saturated heterocycles. The van der Waals surface area contributed by atoms with Crippen molar-refractivity contribution in [2.75, 3.05) is 5.73 Å². The highest BCUT2D eigenvalue weighted by Crippen LogP contribution is 2.37. The number of aromatic nitrogens is 3. The fraction of sp³-hybridized carbons (Fsp3) is 0.133. The monoisotopic (exact) mass is 332 g/mol. The van der Waals surface area contributed by atoms with Gasteiger partial charge in [0.1, 0.15) is 17.3 Å². The summed E-state index contributed by atoms with van der Waals surface area (Å²) >= 11 is 7.54. The van der Waals surface area contributed by atoms with Gasteiger partial charge in [-0.3, -0.25) is 4.98 Å². The van der Waals surface area contributed by atoms with Crippen LogP contribution in [0.5, 0.6) is 5.75 Å². The Balaban J connectivity index is 2.24. The third-order valence-electron chi connectivity index (χ3n) is 3.13. The first-order valence-electron chi connectivity index (χ1n) is 6.51. The molecule has 2 aromatic heterocycles. The zero-order valence-electron chi connectivity index (χ0n) is 12.0. The maximum Gasteiger partial charge on any atom is 0.142 e.